The number of hydrogen-bond donors (Lipinski definition) is 3. The minimum Gasteiger partial charge on any atom is -0.457 e. The SMILES string of the molecule is NC(=O)Nc1ccc(NC(=O)/C=C/c2cc3ccccc3o2)cc1. The third kappa shape index (κ3) is 3.80. The van der Waals surface area contributed by atoms with Crippen LogP contribution in [-0.2, 0) is 4.79 Å². The summed E-state index contributed by atoms with van der Waals surface area (Å²) in [5.41, 5.74) is 6.96. The van der Waals surface area contributed by atoms with Crippen LogP contribution in [0.3, 0.4) is 0 Å². The van der Waals surface area contributed by atoms with Gasteiger partial charge in [0.2, 0.25) is 5.91 Å². The number of benzene rings is 2. The fourth-order valence-corrected chi connectivity index (χ4v) is 2.21. The van der Waals surface area contributed by atoms with E-state index < -0.39 is 6.03 Å². The topological polar surface area (TPSA) is 97.4 Å². The quantitative estimate of drug-likeness (QED) is 0.641. The molecule has 6 nitrogen and oxygen atoms in total. The molecular weight excluding hydrogens is 306 g/mol. The van der Waals surface area contributed by atoms with Crippen LogP contribution in [0.4, 0.5) is 16.2 Å². The van der Waals surface area contributed by atoms with Crippen molar-refractivity contribution in [2.45, 2.75) is 0 Å². The Kier molecular flexibility index (Phi) is 4.29. The number of carbonyl (C=O) groups is 2. The summed E-state index contributed by atoms with van der Waals surface area (Å²) in [5.74, 6) is 0.318. The van der Waals surface area contributed by atoms with E-state index in [9.17, 15) is 9.59 Å². The zero-order valence-electron chi connectivity index (χ0n) is 12.7. The molecule has 0 aliphatic heterocycles. The molecule has 4 N–H and O–H groups in total. The number of nitrogens with one attached hydrogen (secondary N) is 2. The molecule has 1 heterocycles. The van der Waals surface area contributed by atoms with Gasteiger partial charge in [0.1, 0.15) is 11.3 Å². The molecule has 0 radical (unpaired) electrons. The summed E-state index contributed by atoms with van der Waals surface area (Å²) in [6.45, 7) is 0. The van der Waals surface area contributed by atoms with E-state index in [1.54, 1.807) is 30.3 Å². The number of urea groups is 1. The molecule has 0 fully saturated rings. The van der Waals surface area contributed by atoms with E-state index in [1.807, 2.05) is 30.3 Å². The van der Waals surface area contributed by atoms with Crippen molar-refractivity contribution < 1.29 is 14.0 Å². The molecular formula is C18H15N3O3. The molecule has 0 spiro atoms. The second-order valence-corrected chi connectivity index (χ2v) is 5.08. The fourth-order valence-electron chi connectivity index (χ4n) is 2.21. The van der Waals surface area contributed by atoms with Gasteiger partial charge in [-0.3, -0.25) is 4.79 Å². The van der Waals surface area contributed by atoms with Crippen molar-refractivity contribution in [2.75, 3.05) is 10.6 Å². The molecule has 120 valence electrons. The third-order valence-corrected chi connectivity index (χ3v) is 3.26. The number of amides is 3. The third-order valence-electron chi connectivity index (χ3n) is 3.26. The van der Waals surface area contributed by atoms with E-state index in [4.69, 9.17) is 10.2 Å². The van der Waals surface area contributed by atoms with Gasteiger partial charge in [0.05, 0.1) is 0 Å². The Balaban J connectivity index is 1.63. The zero-order valence-corrected chi connectivity index (χ0v) is 12.7. The average Bonchev–Trinajstić information content (AvgIpc) is 2.97. The number of hydrogen-bond acceptors (Lipinski definition) is 3. The molecule has 6 heteroatoms. The van der Waals surface area contributed by atoms with Crippen LogP contribution in [0, 0.1) is 0 Å². The van der Waals surface area contributed by atoms with Crippen molar-refractivity contribution in [3.63, 3.8) is 0 Å². The monoisotopic (exact) mass is 321 g/mol. The molecule has 0 bridgehead atoms. The first-order valence-electron chi connectivity index (χ1n) is 7.24. The molecule has 0 unspecified atom stereocenters. The van der Waals surface area contributed by atoms with Crippen molar-refractivity contribution in [1.82, 2.24) is 0 Å². The maximum absolute atomic E-state index is 11.9. The fraction of sp³-hybridized carbons (Fsp3) is 0. The number of rotatable bonds is 4. The summed E-state index contributed by atoms with van der Waals surface area (Å²) in [6, 6.07) is 15.5. The number of carbonyl (C=O) groups excluding carboxylic acids is 2. The predicted octanol–water partition coefficient (Wildman–Crippen LogP) is 3.58. The van der Waals surface area contributed by atoms with Crippen molar-refractivity contribution >= 4 is 40.4 Å². The summed E-state index contributed by atoms with van der Waals surface area (Å²) in [5, 5.41) is 6.14. The molecule has 0 aliphatic rings. The highest BCUT2D eigenvalue weighted by Gasteiger charge is 2.02. The van der Waals surface area contributed by atoms with Gasteiger partial charge in [-0.1, -0.05) is 18.2 Å². The highest BCUT2D eigenvalue weighted by molar-refractivity contribution is 6.02. The minimum absolute atomic E-state index is 0.286. The van der Waals surface area contributed by atoms with E-state index in [2.05, 4.69) is 10.6 Å². The Morgan fingerprint density at radius 3 is 2.29 bits per heavy atom. The van der Waals surface area contributed by atoms with Crippen molar-refractivity contribution in [3.05, 3.63) is 66.4 Å². The molecule has 0 saturated heterocycles. The van der Waals surface area contributed by atoms with Crippen LogP contribution in [-0.4, -0.2) is 11.9 Å². The van der Waals surface area contributed by atoms with Crippen molar-refractivity contribution in [1.29, 1.82) is 0 Å². The Labute approximate surface area is 137 Å². The molecule has 0 atom stereocenters. The average molecular weight is 321 g/mol. The van der Waals surface area contributed by atoms with Crippen LogP contribution >= 0.6 is 0 Å². The van der Waals surface area contributed by atoms with Crippen LogP contribution in [0.1, 0.15) is 5.76 Å². The summed E-state index contributed by atoms with van der Waals surface area (Å²) in [7, 11) is 0. The largest absolute Gasteiger partial charge is 0.457 e. The Hall–Kier alpha value is -3.54. The zero-order chi connectivity index (χ0) is 16.9. The molecule has 1 aromatic heterocycles. The number of fused-ring (bicyclic) bond motifs is 1. The lowest BCUT2D eigenvalue weighted by Crippen LogP contribution is -2.19. The molecule has 24 heavy (non-hydrogen) atoms. The van der Waals surface area contributed by atoms with Crippen molar-refractivity contribution in [2.24, 2.45) is 5.73 Å². The minimum atomic E-state index is -0.638. The van der Waals surface area contributed by atoms with E-state index in [0.29, 0.717) is 17.1 Å². The van der Waals surface area contributed by atoms with Gasteiger partial charge in [0, 0.05) is 22.8 Å². The van der Waals surface area contributed by atoms with Crippen LogP contribution in [0.2, 0.25) is 0 Å². The highest BCUT2D eigenvalue weighted by Crippen LogP contribution is 2.19. The maximum Gasteiger partial charge on any atom is 0.316 e. The van der Waals surface area contributed by atoms with Gasteiger partial charge in [-0.05, 0) is 42.5 Å². The molecule has 3 rings (SSSR count). The lowest BCUT2D eigenvalue weighted by molar-refractivity contribution is -0.111. The first-order chi connectivity index (χ1) is 11.6. The number of para-hydroxylation sites is 1. The van der Waals surface area contributed by atoms with Gasteiger partial charge in [-0.15, -0.1) is 0 Å². The Morgan fingerprint density at radius 2 is 1.62 bits per heavy atom. The van der Waals surface area contributed by atoms with E-state index in [1.165, 1.54) is 6.08 Å². The van der Waals surface area contributed by atoms with Gasteiger partial charge in [-0.2, -0.15) is 0 Å². The Bertz CT molecular complexity index is 878. The smallest absolute Gasteiger partial charge is 0.316 e. The number of furan rings is 1. The van der Waals surface area contributed by atoms with Crippen LogP contribution in [0.25, 0.3) is 17.0 Å². The summed E-state index contributed by atoms with van der Waals surface area (Å²) in [6.07, 6.45) is 3.01. The maximum atomic E-state index is 11.9. The van der Waals surface area contributed by atoms with Crippen LogP contribution in [0.15, 0.2) is 65.1 Å². The lowest BCUT2D eigenvalue weighted by atomic mass is 10.2. The number of anilines is 2. The van der Waals surface area contributed by atoms with E-state index in [0.717, 1.165) is 11.0 Å². The second kappa shape index (κ2) is 6.70. The molecule has 0 aliphatic carbocycles. The van der Waals surface area contributed by atoms with Gasteiger partial charge < -0.3 is 20.8 Å². The van der Waals surface area contributed by atoms with E-state index >= 15 is 0 Å². The predicted molar refractivity (Wildman–Crippen MR) is 93.5 cm³/mol. The van der Waals surface area contributed by atoms with Gasteiger partial charge in [0.25, 0.3) is 0 Å². The first kappa shape index (κ1) is 15.4. The molecule has 2 aromatic carbocycles. The van der Waals surface area contributed by atoms with Crippen molar-refractivity contribution in [3.8, 4) is 0 Å². The van der Waals surface area contributed by atoms with Gasteiger partial charge >= 0.3 is 6.03 Å². The normalized spacial score (nSPS) is 10.8. The number of nitrogens with two attached hydrogens (primary N) is 1. The lowest BCUT2D eigenvalue weighted by Gasteiger charge is -2.04. The summed E-state index contributed by atoms with van der Waals surface area (Å²) in [4.78, 5) is 22.7. The van der Waals surface area contributed by atoms with Crippen LogP contribution < -0.4 is 16.4 Å². The standard InChI is InChI=1S/C18H15N3O3/c19-18(23)21-14-7-5-13(6-8-14)20-17(22)10-9-15-11-12-3-1-2-4-16(12)24-15/h1-11H,(H,20,22)(H3,19,21,23)/b10-9+. The summed E-state index contributed by atoms with van der Waals surface area (Å²) < 4.78 is 5.60. The Morgan fingerprint density at radius 1 is 0.958 bits per heavy atom. The molecule has 3 aromatic rings. The van der Waals surface area contributed by atoms with Crippen LogP contribution in [0.5, 0.6) is 0 Å². The summed E-state index contributed by atoms with van der Waals surface area (Å²) >= 11 is 0. The highest BCUT2D eigenvalue weighted by atomic mass is 16.3. The second-order valence-electron chi connectivity index (χ2n) is 5.08. The van der Waals surface area contributed by atoms with Gasteiger partial charge in [-0.25, -0.2) is 4.79 Å². The first-order valence-corrected chi connectivity index (χ1v) is 7.24. The molecule has 0 saturated carbocycles. The van der Waals surface area contributed by atoms with Gasteiger partial charge in [0.15, 0.2) is 0 Å². The molecule has 3 amide bonds. The number of primary amides is 1. The van der Waals surface area contributed by atoms with E-state index in [-0.39, 0.29) is 5.91 Å².